The van der Waals surface area contributed by atoms with Crippen molar-refractivity contribution in [1.82, 2.24) is 0 Å². The Morgan fingerprint density at radius 1 is 1.21 bits per heavy atom. The minimum Gasteiger partial charge on any atom is -0.497 e. The van der Waals surface area contributed by atoms with Gasteiger partial charge in [0, 0.05) is 6.07 Å². The third kappa shape index (κ3) is 2.20. The molecule has 0 aliphatic heterocycles. The lowest BCUT2D eigenvalue weighted by molar-refractivity contribution is -0.135. The number of fused-ring (bicyclic) bond motifs is 1. The molecule has 1 heterocycles. The molecule has 0 aliphatic rings. The quantitative estimate of drug-likeness (QED) is 0.469. The zero-order valence-corrected chi connectivity index (χ0v) is 10.3. The number of Topliss-reactive ketones (excluding diaryl/α,β-unsaturated/α-hetero) is 1. The third-order valence-electron chi connectivity index (χ3n) is 2.60. The molecular formula is C13H10O6. The SMILES string of the molecule is COC(=O)C(=O)c1coc2cc(OC)ccc2c1=O. The van der Waals surface area contributed by atoms with E-state index in [1.54, 1.807) is 6.07 Å². The monoisotopic (exact) mass is 262 g/mol. The van der Waals surface area contributed by atoms with Crippen LogP contribution < -0.4 is 10.2 Å². The van der Waals surface area contributed by atoms with E-state index in [1.165, 1.54) is 19.2 Å². The van der Waals surface area contributed by atoms with Crippen molar-refractivity contribution < 1.29 is 23.5 Å². The lowest BCUT2D eigenvalue weighted by Gasteiger charge is -2.03. The van der Waals surface area contributed by atoms with Crippen molar-refractivity contribution in [3.63, 3.8) is 0 Å². The largest absolute Gasteiger partial charge is 0.497 e. The van der Waals surface area contributed by atoms with Gasteiger partial charge in [-0.3, -0.25) is 9.59 Å². The van der Waals surface area contributed by atoms with Crippen LogP contribution in [0.2, 0.25) is 0 Å². The number of ether oxygens (including phenoxy) is 2. The molecule has 0 unspecified atom stereocenters. The fourth-order valence-electron chi connectivity index (χ4n) is 1.60. The molecule has 0 bridgehead atoms. The highest BCUT2D eigenvalue weighted by molar-refractivity contribution is 6.40. The number of rotatable bonds is 3. The molecule has 19 heavy (non-hydrogen) atoms. The molecule has 1 aromatic carbocycles. The highest BCUT2D eigenvalue weighted by atomic mass is 16.5. The van der Waals surface area contributed by atoms with Crippen LogP contribution in [0, 0.1) is 0 Å². The number of benzene rings is 1. The van der Waals surface area contributed by atoms with Crippen LogP contribution in [0.5, 0.6) is 5.75 Å². The Morgan fingerprint density at radius 2 is 1.95 bits per heavy atom. The van der Waals surface area contributed by atoms with Gasteiger partial charge in [0.1, 0.15) is 23.2 Å². The highest BCUT2D eigenvalue weighted by Gasteiger charge is 2.22. The lowest BCUT2D eigenvalue weighted by atomic mass is 10.1. The van der Waals surface area contributed by atoms with Crippen LogP contribution in [0.4, 0.5) is 0 Å². The first kappa shape index (κ1) is 12.8. The van der Waals surface area contributed by atoms with Crippen molar-refractivity contribution in [2.45, 2.75) is 0 Å². The predicted molar refractivity (Wildman–Crippen MR) is 65.4 cm³/mol. The molecule has 6 nitrogen and oxygen atoms in total. The highest BCUT2D eigenvalue weighted by Crippen LogP contribution is 2.18. The van der Waals surface area contributed by atoms with Crippen LogP contribution in [0.15, 0.2) is 33.7 Å². The summed E-state index contributed by atoms with van der Waals surface area (Å²) in [5.74, 6) is -1.63. The van der Waals surface area contributed by atoms with Gasteiger partial charge in [0.25, 0.3) is 5.78 Å². The molecular weight excluding hydrogens is 252 g/mol. The third-order valence-corrected chi connectivity index (χ3v) is 2.60. The molecule has 2 aromatic rings. The Balaban J connectivity index is 2.62. The van der Waals surface area contributed by atoms with E-state index in [0.29, 0.717) is 5.75 Å². The van der Waals surface area contributed by atoms with E-state index in [0.717, 1.165) is 13.4 Å². The maximum atomic E-state index is 12.1. The molecule has 0 saturated heterocycles. The first-order valence-electron chi connectivity index (χ1n) is 5.30. The molecule has 2 rings (SSSR count). The van der Waals surface area contributed by atoms with Gasteiger partial charge in [0.15, 0.2) is 0 Å². The summed E-state index contributed by atoms with van der Waals surface area (Å²) in [5, 5.41) is 0.190. The summed E-state index contributed by atoms with van der Waals surface area (Å²) in [4.78, 5) is 34.8. The number of esters is 1. The standard InChI is InChI=1S/C13H10O6/c1-17-7-3-4-8-10(5-7)19-6-9(11(8)14)12(15)13(16)18-2/h3-6H,1-2H3. The van der Waals surface area contributed by atoms with Crippen LogP contribution in [-0.2, 0) is 9.53 Å². The molecule has 0 radical (unpaired) electrons. The molecule has 1 aromatic heterocycles. The van der Waals surface area contributed by atoms with E-state index in [4.69, 9.17) is 9.15 Å². The predicted octanol–water partition coefficient (Wildman–Crippen LogP) is 1.16. The van der Waals surface area contributed by atoms with Gasteiger partial charge < -0.3 is 13.9 Å². The molecule has 0 aliphatic carbocycles. The zero-order chi connectivity index (χ0) is 14.0. The molecule has 0 spiro atoms. The number of hydrogen-bond acceptors (Lipinski definition) is 6. The van der Waals surface area contributed by atoms with E-state index < -0.39 is 17.2 Å². The van der Waals surface area contributed by atoms with Crippen LogP contribution >= 0.6 is 0 Å². The van der Waals surface area contributed by atoms with Crippen LogP contribution in [0.25, 0.3) is 11.0 Å². The Bertz CT molecular complexity index is 713. The summed E-state index contributed by atoms with van der Waals surface area (Å²) < 4.78 is 14.4. The fourth-order valence-corrected chi connectivity index (χ4v) is 1.60. The topological polar surface area (TPSA) is 82.8 Å². The van der Waals surface area contributed by atoms with E-state index in [2.05, 4.69) is 4.74 Å². The number of methoxy groups -OCH3 is 2. The zero-order valence-electron chi connectivity index (χ0n) is 10.3. The first-order valence-corrected chi connectivity index (χ1v) is 5.30. The normalized spacial score (nSPS) is 10.2. The van der Waals surface area contributed by atoms with Crippen LogP contribution in [0.3, 0.4) is 0 Å². The van der Waals surface area contributed by atoms with E-state index in [-0.39, 0.29) is 16.5 Å². The first-order chi connectivity index (χ1) is 9.08. The van der Waals surface area contributed by atoms with Crippen LogP contribution in [-0.4, -0.2) is 26.0 Å². The summed E-state index contributed by atoms with van der Waals surface area (Å²) in [7, 11) is 2.54. The average molecular weight is 262 g/mol. The number of carbonyl (C=O) groups is 2. The van der Waals surface area contributed by atoms with Crippen molar-refractivity contribution in [3.05, 3.63) is 40.2 Å². The van der Waals surface area contributed by atoms with Gasteiger partial charge in [-0.25, -0.2) is 4.79 Å². The van der Waals surface area contributed by atoms with E-state index >= 15 is 0 Å². The summed E-state index contributed by atoms with van der Waals surface area (Å²) in [6.07, 6.45) is 0.948. The summed E-state index contributed by atoms with van der Waals surface area (Å²) >= 11 is 0. The van der Waals surface area contributed by atoms with Gasteiger partial charge in [0.2, 0.25) is 5.43 Å². The molecule has 98 valence electrons. The van der Waals surface area contributed by atoms with Gasteiger partial charge in [0.05, 0.1) is 19.6 Å². The molecule has 0 N–H and O–H groups in total. The minimum atomic E-state index is -1.11. The second-order valence-electron chi connectivity index (χ2n) is 3.66. The number of ketones is 1. The molecule has 0 fully saturated rings. The molecule has 6 heteroatoms. The maximum absolute atomic E-state index is 12.1. The van der Waals surface area contributed by atoms with Crippen molar-refractivity contribution >= 4 is 22.7 Å². The Kier molecular flexibility index (Phi) is 3.33. The second kappa shape index (κ2) is 4.93. The van der Waals surface area contributed by atoms with Gasteiger partial charge in [-0.2, -0.15) is 0 Å². The average Bonchev–Trinajstić information content (AvgIpc) is 2.45. The second-order valence-corrected chi connectivity index (χ2v) is 3.66. The van der Waals surface area contributed by atoms with E-state index in [9.17, 15) is 14.4 Å². The smallest absolute Gasteiger partial charge is 0.379 e. The van der Waals surface area contributed by atoms with Gasteiger partial charge in [-0.15, -0.1) is 0 Å². The number of carbonyl (C=O) groups excluding carboxylic acids is 2. The van der Waals surface area contributed by atoms with Gasteiger partial charge in [-0.1, -0.05) is 0 Å². The fraction of sp³-hybridized carbons (Fsp3) is 0.154. The van der Waals surface area contributed by atoms with Crippen LogP contribution in [0.1, 0.15) is 10.4 Å². The van der Waals surface area contributed by atoms with E-state index in [1.807, 2.05) is 0 Å². The number of hydrogen-bond donors (Lipinski definition) is 0. The summed E-state index contributed by atoms with van der Waals surface area (Å²) in [5.41, 5.74) is -0.672. The van der Waals surface area contributed by atoms with Gasteiger partial charge >= 0.3 is 5.97 Å². The molecule has 0 amide bonds. The Labute approximate surface area is 107 Å². The lowest BCUT2D eigenvalue weighted by Crippen LogP contribution is -2.23. The van der Waals surface area contributed by atoms with Crippen molar-refractivity contribution in [2.75, 3.05) is 14.2 Å². The van der Waals surface area contributed by atoms with Crippen molar-refractivity contribution in [3.8, 4) is 5.75 Å². The minimum absolute atomic E-state index is 0.190. The molecule has 0 atom stereocenters. The summed E-state index contributed by atoms with van der Waals surface area (Å²) in [6, 6.07) is 4.54. The Hall–Kier alpha value is -2.63. The molecule has 0 saturated carbocycles. The Morgan fingerprint density at radius 3 is 2.58 bits per heavy atom. The van der Waals surface area contributed by atoms with Crippen molar-refractivity contribution in [1.29, 1.82) is 0 Å². The van der Waals surface area contributed by atoms with Crippen molar-refractivity contribution in [2.24, 2.45) is 0 Å². The summed E-state index contributed by atoms with van der Waals surface area (Å²) in [6.45, 7) is 0. The van der Waals surface area contributed by atoms with Gasteiger partial charge in [-0.05, 0) is 12.1 Å². The maximum Gasteiger partial charge on any atom is 0.379 e.